The summed E-state index contributed by atoms with van der Waals surface area (Å²) in [6, 6.07) is 0. The Balaban J connectivity index is 0. The summed E-state index contributed by atoms with van der Waals surface area (Å²) in [6.07, 6.45) is 2.41. The maximum absolute atomic E-state index is 4.91. The van der Waals surface area contributed by atoms with Crippen LogP contribution in [0.1, 0.15) is 20.3 Å². The molecule has 0 aliphatic heterocycles. The van der Waals surface area contributed by atoms with E-state index in [1.807, 2.05) is 0 Å². The first-order chi connectivity index (χ1) is 4.27. The van der Waals surface area contributed by atoms with Crippen molar-refractivity contribution in [3.63, 3.8) is 0 Å². The third kappa shape index (κ3) is 10.8. The predicted molar refractivity (Wildman–Crippen MR) is 46.4 cm³/mol. The second-order valence-corrected chi connectivity index (χ2v) is 2.50. The highest BCUT2D eigenvalue weighted by molar-refractivity contribution is 4.43. The maximum Gasteiger partial charge on any atom is 0.0462 e. The van der Waals surface area contributed by atoms with Gasteiger partial charge in [-0.2, -0.15) is 0 Å². The Morgan fingerprint density at radius 2 is 1.80 bits per heavy atom. The van der Waals surface area contributed by atoms with Crippen molar-refractivity contribution in [2.24, 2.45) is 0 Å². The summed E-state index contributed by atoms with van der Waals surface area (Å²) in [4.78, 5) is 2.19. The van der Waals surface area contributed by atoms with Crippen LogP contribution in [0.15, 0.2) is 0 Å². The lowest BCUT2D eigenvalue weighted by Crippen LogP contribution is -2.13. The monoisotopic (exact) mass is 147 g/mol. The molecule has 0 rings (SSSR count). The molecular formula is C8H21NO. The lowest BCUT2D eigenvalue weighted by Gasteiger charge is -2.07. The molecule has 0 radical (unpaired) electrons. The van der Waals surface area contributed by atoms with E-state index in [1.165, 1.54) is 19.4 Å². The first-order valence-corrected chi connectivity index (χ1v) is 3.41. The summed E-state index contributed by atoms with van der Waals surface area (Å²) < 4.78 is 4.91. The molecule has 0 saturated carbocycles. The largest absolute Gasteiger partial charge is 0.385 e. The van der Waals surface area contributed by atoms with Crippen molar-refractivity contribution in [3.8, 4) is 0 Å². The molecule has 0 N–H and O–H groups in total. The van der Waals surface area contributed by atoms with Gasteiger partial charge in [0, 0.05) is 13.7 Å². The van der Waals surface area contributed by atoms with Crippen LogP contribution in [0.4, 0.5) is 0 Å². The SMILES string of the molecule is C.COCCCCN(C)C. The van der Waals surface area contributed by atoms with Crippen molar-refractivity contribution in [2.75, 3.05) is 34.4 Å². The van der Waals surface area contributed by atoms with Crippen LogP contribution >= 0.6 is 0 Å². The van der Waals surface area contributed by atoms with Gasteiger partial charge in [0.2, 0.25) is 0 Å². The van der Waals surface area contributed by atoms with Gasteiger partial charge in [-0.15, -0.1) is 0 Å². The number of nitrogens with zero attached hydrogens (tertiary/aromatic N) is 1. The minimum atomic E-state index is 0. The first kappa shape index (κ1) is 12.6. The Morgan fingerprint density at radius 3 is 2.20 bits per heavy atom. The first-order valence-electron chi connectivity index (χ1n) is 3.41. The van der Waals surface area contributed by atoms with Gasteiger partial charge in [-0.1, -0.05) is 7.43 Å². The molecule has 2 heteroatoms. The fraction of sp³-hybridized carbons (Fsp3) is 1.00. The van der Waals surface area contributed by atoms with Crippen LogP contribution in [0.25, 0.3) is 0 Å². The molecule has 0 spiro atoms. The zero-order valence-corrected chi connectivity index (χ0v) is 6.68. The molecule has 2 nitrogen and oxygen atoms in total. The lowest BCUT2D eigenvalue weighted by molar-refractivity contribution is 0.189. The summed E-state index contributed by atoms with van der Waals surface area (Å²) in [7, 11) is 5.93. The van der Waals surface area contributed by atoms with E-state index < -0.39 is 0 Å². The molecular weight excluding hydrogens is 126 g/mol. The molecule has 0 aromatic carbocycles. The number of ether oxygens (including phenoxy) is 1. The summed E-state index contributed by atoms with van der Waals surface area (Å²) in [5, 5.41) is 0. The molecule has 0 unspecified atom stereocenters. The van der Waals surface area contributed by atoms with Crippen molar-refractivity contribution in [2.45, 2.75) is 20.3 Å². The van der Waals surface area contributed by atoms with E-state index in [4.69, 9.17) is 4.74 Å². The van der Waals surface area contributed by atoms with Crippen LogP contribution in [0.2, 0.25) is 0 Å². The Bertz CT molecular complexity index is 55.2. The number of hydrogen-bond donors (Lipinski definition) is 0. The zero-order valence-electron chi connectivity index (χ0n) is 6.68. The third-order valence-electron chi connectivity index (χ3n) is 1.20. The molecule has 0 aliphatic rings. The molecule has 0 amide bonds. The van der Waals surface area contributed by atoms with E-state index in [1.54, 1.807) is 7.11 Å². The van der Waals surface area contributed by atoms with Gasteiger partial charge in [0.15, 0.2) is 0 Å². The Kier molecular flexibility index (Phi) is 11.2. The van der Waals surface area contributed by atoms with Crippen molar-refractivity contribution >= 4 is 0 Å². The van der Waals surface area contributed by atoms with Crippen LogP contribution in [-0.2, 0) is 4.74 Å². The average Bonchev–Trinajstić information content (AvgIpc) is 1.80. The standard InChI is InChI=1S/C7H17NO.CH4/c1-8(2)6-4-5-7-9-3;/h4-7H2,1-3H3;1H4. The van der Waals surface area contributed by atoms with Gasteiger partial charge in [0.1, 0.15) is 0 Å². The van der Waals surface area contributed by atoms with Crippen LogP contribution in [0.3, 0.4) is 0 Å². The molecule has 10 heavy (non-hydrogen) atoms. The van der Waals surface area contributed by atoms with Crippen LogP contribution < -0.4 is 0 Å². The fourth-order valence-corrected chi connectivity index (χ4v) is 0.674. The van der Waals surface area contributed by atoms with Gasteiger partial charge in [0.05, 0.1) is 0 Å². The van der Waals surface area contributed by atoms with Gasteiger partial charge in [-0.3, -0.25) is 0 Å². The molecule has 0 saturated heterocycles. The van der Waals surface area contributed by atoms with Crippen molar-refractivity contribution < 1.29 is 4.74 Å². The smallest absolute Gasteiger partial charge is 0.0462 e. The molecule has 0 bridgehead atoms. The number of rotatable bonds is 5. The fourth-order valence-electron chi connectivity index (χ4n) is 0.674. The summed E-state index contributed by atoms with van der Waals surface area (Å²) in [5.41, 5.74) is 0. The van der Waals surface area contributed by atoms with E-state index in [-0.39, 0.29) is 7.43 Å². The molecule has 0 fully saturated rings. The molecule has 0 atom stereocenters. The van der Waals surface area contributed by atoms with Gasteiger partial charge >= 0.3 is 0 Å². The quantitative estimate of drug-likeness (QED) is 0.548. The highest BCUT2D eigenvalue weighted by Crippen LogP contribution is 1.89. The lowest BCUT2D eigenvalue weighted by atomic mass is 10.3. The predicted octanol–water partition coefficient (Wildman–Crippen LogP) is 1.61. The second-order valence-electron chi connectivity index (χ2n) is 2.50. The molecule has 0 aliphatic carbocycles. The van der Waals surface area contributed by atoms with Crippen molar-refractivity contribution in [1.82, 2.24) is 4.90 Å². The summed E-state index contributed by atoms with van der Waals surface area (Å²) in [5.74, 6) is 0. The number of methoxy groups -OCH3 is 1. The van der Waals surface area contributed by atoms with Crippen molar-refractivity contribution in [1.29, 1.82) is 0 Å². The Labute approximate surface area is 65.2 Å². The van der Waals surface area contributed by atoms with Gasteiger partial charge in [0.25, 0.3) is 0 Å². The van der Waals surface area contributed by atoms with Crippen molar-refractivity contribution in [3.05, 3.63) is 0 Å². The minimum Gasteiger partial charge on any atom is -0.385 e. The highest BCUT2D eigenvalue weighted by Gasteiger charge is 1.88. The van der Waals surface area contributed by atoms with E-state index in [2.05, 4.69) is 19.0 Å². The van der Waals surface area contributed by atoms with E-state index >= 15 is 0 Å². The maximum atomic E-state index is 4.91. The van der Waals surface area contributed by atoms with Crippen LogP contribution in [0, 0.1) is 0 Å². The average molecular weight is 147 g/mol. The second kappa shape index (κ2) is 8.92. The third-order valence-corrected chi connectivity index (χ3v) is 1.20. The van der Waals surface area contributed by atoms with E-state index in [0.717, 1.165) is 6.61 Å². The van der Waals surface area contributed by atoms with Crippen LogP contribution in [0.5, 0.6) is 0 Å². The van der Waals surface area contributed by atoms with Gasteiger partial charge < -0.3 is 9.64 Å². The Hall–Kier alpha value is -0.0800. The van der Waals surface area contributed by atoms with Gasteiger partial charge in [-0.25, -0.2) is 0 Å². The molecule has 0 aromatic heterocycles. The van der Waals surface area contributed by atoms with Crippen LogP contribution in [-0.4, -0.2) is 39.3 Å². The number of hydrogen-bond acceptors (Lipinski definition) is 2. The summed E-state index contributed by atoms with van der Waals surface area (Å²) in [6.45, 7) is 2.07. The van der Waals surface area contributed by atoms with E-state index in [0.29, 0.717) is 0 Å². The molecule has 0 heterocycles. The topological polar surface area (TPSA) is 12.5 Å². The molecule has 0 aromatic rings. The Morgan fingerprint density at radius 1 is 1.20 bits per heavy atom. The summed E-state index contributed by atoms with van der Waals surface area (Å²) >= 11 is 0. The molecule has 64 valence electrons. The highest BCUT2D eigenvalue weighted by atomic mass is 16.5. The zero-order chi connectivity index (χ0) is 7.11. The normalized spacial score (nSPS) is 9.60. The van der Waals surface area contributed by atoms with Gasteiger partial charge in [-0.05, 0) is 33.5 Å². The minimum absolute atomic E-state index is 0. The number of unbranched alkanes of at least 4 members (excludes halogenated alkanes) is 1. The van der Waals surface area contributed by atoms with E-state index in [9.17, 15) is 0 Å².